The van der Waals surface area contributed by atoms with Gasteiger partial charge in [-0.3, -0.25) is 4.79 Å². The summed E-state index contributed by atoms with van der Waals surface area (Å²) in [5.41, 5.74) is 2.94. The molecule has 3 rings (SSSR count). The molecule has 3 heteroatoms. The van der Waals surface area contributed by atoms with E-state index in [-0.39, 0.29) is 11.6 Å². The minimum Gasteiger partial charge on any atom is -0.489 e. The number of carbonyl (C=O) groups excluding carboxylic acids is 1. The van der Waals surface area contributed by atoms with E-state index in [4.69, 9.17) is 4.74 Å². The van der Waals surface area contributed by atoms with Crippen molar-refractivity contribution >= 4 is 5.78 Å². The fraction of sp³-hybridized carbons (Fsp3) is 0.0952. The second-order valence-electron chi connectivity index (χ2n) is 5.55. The molecule has 0 aliphatic heterocycles. The van der Waals surface area contributed by atoms with Gasteiger partial charge >= 0.3 is 0 Å². The molecule has 3 aromatic rings. The van der Waals surface area contributed by atoms with Gasteiger partial charge in [-0.25, -0.2) is 4.39 Å². The van der Waals surface area contributed by atoms with Gasteiger partial charge in [0.15, 0.2) is 5.78 Å². The van der Waals surface area contributed by atoms with E-state index in [1.54, 1.807) is 30.3 Å². The lowest BCUT2D eigenvalue weighted by atomic mass is 9.97. The van der Waals surface area contributed by atoms with Crippen LogP contribution < -0.4 is 4.74 Å². The highest BCUT2D eigenvalue weighted by atomic mass is 19.1. The standard InChI is InChI=1S/C21H17FO2/c1-15(23)20-11-10-19(24-14-16-6-3-2-4-7-16)13-21(20)17-8-5-9-18(22)12-17/h2-13H,14H2,1H3. The number of hydrogen-bond acceptors (Lipinski definition) is 2. The van der Waals surface area contributed by atoms with Crippen LogP contribution in [0.4, 0.5) is 4.39 Å². The lowest BCUT2D eigenvalue weighted by Crippen LogP contribution is -1.99. The Balaban J connectivity index is 1.92. The monoisotopic (exact) mass is 320 g/mol. The minimum atomic E-state index is -0.336. The summed E-state index contributed by atoms with van der Waals surface area (Å²) < 4.78 is 19.4. The number of Topliss-reactive ketones (excluding diaryl/α,β-unsaturated/α-hetero) is 1. The SMILES string of the molecule is CC(=O)c1ccc(OCc2ccccc2)cc1-c1cccc(F)c1. The molecular formula is C21H17FO2. The third-order valence-corrected chi connectivity index (χ3v) is 3.75. The zero-order chi connectivity index (χ0) is 16.9. The molecule has 0 atom stereocenters. The Bertz CT molecular complexity index is 857. The summed E-state index contributed by atoms with van der Waals surface area (Å²) in [5.74, 6) is 0.240. The molecule has 0 saturated carbocycles. The highest BCUT2D eigenvalue weighted by molar-refractivity contribution is 6.01. The molecule has 0 fully saturated rings. The van der Waals surface area contributed by atoms with Crippen LogP contribution in [0.1, 0.15) is 22.8 Å². The summed E-state index contributed by atoms with van der Waals surface area (Å²) in [5, 5.41) is 0. The van der Waals surface area contributed by atoms with Crippen LogP contribution in [0.25, 0.3) is 11.1 Å². The smallest absolute Gasteiger partial charge is 0.160 e. The first-order valence-corrected chi connectivity index (χ1v) is 7.71. The van der Waals surface area contributed by atoms with Crippen LogP contribution in [0.3, 0.4) is 0 Å². The van der Waals surface area contributed by atoms with E-state index in [0.717, 1.165) is 5.56 Å². The minimum absolute atomic E-state index is 0.0659. The Morgan fingerprint density at radius 3 is 2.46 bits per heavy atom. The first kappa shape index (κ1) is 15.9. The number of benzene rings is 3. The van der Waals surface area contributed by atoms with Gasteiger partial charge in [0.2, 0.25) is 0 Å². The first-order valence-electron chi connectivity index (χ1n) is 7.71. The van der Waals surface area contributed by atoms with E-state index in [2.05, 4.69) is 0 Å². The Morgan fingerprint density at radius 2 is 1.75 bits per heavy atom. The molecule has 0 N–H and O–H groups in total. The predicted molar refractivity (Wildman–Crippen MR) is 92.6 cm³/mol. The quantitative estimate of drug-likeness (QED) is 0.598. The molecule has 3 aromatic carbocycles. The third-order valence-electron chi connectivity index (χ3n) is 3.75. The van der Waals surface area contributed by atoms with Gasteiger partial charge in [0.1, 0.15) is 18.2 Å². The summed E-state index contributed by atoms with van der Waals surface area (Å²) >= 11 is 0. The number of ether oxygens (including phenoxy) is 1. The van der Waals surface area contributed by atoms with Gasteiger partial charge in [-0.1, -0.05) is 42.5 Å². The molecule has 120 valence electrons. The van der Waals surface area contributed by atoms with E-state index >= 15 is 0 Å². The number of rotatable bonds is 5. The molecule has 24 heavy (non-hydrogen) atoms. The molecule has 0 aliphatic rings. The van der Waals surface area contributed by atoms with E-state index in [9.17, 15) is 9.18 Å². The number of ketones is 1. The second kappa shape index (κ2) is 7.09. The highest BCUT2D eigenvalue weighted by Crippen LogP contribution is 2.29. The van der Waals surface area contributed by atoms with Crippen molar-refractivity contribution in [1.82, 2.24) is 0 Å². The lowest BCUT2D eigenvalue weighted by Gasteiger charge is -2.12. The number of halogens is 1. The van der Waals surface area contributed by atoms with Gasteiger partial charge in [-0.05, 0) is 53.9 Å². The molecule has 0 spiro atoms. The van der Waals surface area contributed by atoms with Crippen molar-refractivity contribution in [2.45, 2.75) is 13.5 Å². The van der Waals surface area contributed by atoms with Crippen LogP contribution in [0.2, 0.25) is 0 Å². The lowest BCUT2D eigenvalue weighted by molar-refractivity contribution is 0.101. The topological polar surface area (TPSA) is 26.3 Å². The van der Waals surface area contributed by atoms with Crippen molar-refractivity contribution in [2.75, 3.05) is 0 Å². The van der Waals surface area contributed by atoms with E-state index in [1.165, 1.54) is 19.1 Å². The van der Waals surface area contributed by atoms with Crippen molar-refractivity contribution in [2.24, 2.45) is 0 Å². The molecule has 0 heterocycles. The molecule has 0 radical (unpaired) electrons. The van der Waals surface area contributed by atoms with Crippen LogP contribution in [0.5, 0.6) is 5.75 Å². The van der Waals surface area contributed by atoms with Crippen LogP contribution in [-0.2, 0) is 6.61 Å². The van der Waals surface area contributed by atoms with Gasteiger partial charge in [-0.2, -0.15) is 0 Å². The molecule has 2 nitrogen and oxygen atoms in total. The Hall–Kier alpha value is -2.94. The summed E-state index contributed by atoms with van der Waals surface area (Å²) in [6.45, 7) is 1.94. The average molecular weight is 320 g/mol. The fourth-order valence-electron chi connectivity index (χ4n) is 2.56. The summed E-state index contributed by atoms with van der Waals surface area (Å²) in [4.78, 5) is 11.9. The van der Waals surface area contributed by atoms with Crippen LogP contribution in [-0.4, -0.2) is 5.78 Å². The van der Waals surface area contributed by atoms with Crippen LogP contribution in [0, 0.1) is 5.82 Å². The molecule has 0 unspecified atom stereocenters. The maximum absolute atomic E-state index is 13.5. The molecule has 0 bridgehead atoms. The Kier molecular flexibility index (Phi) is 4.71. The molecule has 0 aliphatic carbocycles. The van der Waals surface area contributed by atoms with Gasteiger partial charge in [0.05, 0.1) is 0 Å². The molecule has 0 aromatic heterocycles. The maximum Gasteiger partial charge on any atom is 0.160 e. The van der Waals surface area contributed by atoms with Crippen LogP contribution in [0.15, 0.2) is 72.8 Å². The van der Waals surface area contributed by atoms with Gasteiger partial charge in [0.25, 0.3) is 0 Å². The van der Waals surface area contributed by atoms with E-state index in [1.807, 2.05) is 30.3 Å². The average Bonchev–Trinajstić information content (AvgIpc) is 2.60. The predicted octanol–water partition coefficient (Wildman–Crippen LogP) is 5.27. The second-order valence-corrected chi connectivity index (χ2v) is 5.55. The van der Waals surface area contributed by atoms with E-state index < -0.39 is 0 Å². The summed E-state index contributed by atoms with van der Waals surface area (Å²) in [7, 11) is 0. The third kappa shape index (κ3) is 3.69. The normalized spacial score (nSPS) is 10.4. The fourth-order valence-corrected chi connectivity index (χ4v) is 2.56. The Morgan fingerprint density at radius 1 is 0.958 bits per heavy atom. The highest BCUT2D eigenvalue weighted by Gasteiger charge is 2.11. The van der Waals surface area contributed by atoms with Gasteiger partial charge < -0.3 is 4.74 Å². The molecule has 0 saturated heterocycles. The van der Waals surface area contributed by atoms with Crippen molar-refractivity contribution in [3.8, 4) is 16.9 Å². The van der Waals surface area contributed by atoms with Crippen molar-refractivity contribution in [1.29, 1.82) is 0 Å². The summed E-state index contributed by atoms with van der Waals surface area (Å²) in [6, 6.07) is 21.3. The number of hydrogen-bond donors (Lipinski definition) is 0. The van der Waals surface area contributed by atoms with Crippen molar-refractivity contribution in [3.63, 3.8) is 0 Å². The molecular weight excluding hydrogens is 303 g/mol. The van der Waals surface area contributed by atoms with Crippen LogP contribution >= 0.6 is 0 Å². The zero-order valence-corrected chi connectivity index (χ0v) is 13.3. The first-order chi connectivity index (χ1) is 11.6. The zero-order valence-electron chi connectivity index (χ0n) is 13.3. The largest absolute Gasteiger partial charge is 0.489 e. The Labute approximate surface area is 140 Å². The number of carbonyl (C=O) groups is 1. The summed E-state index contributed by atoms with van der Waals surface area (Å²) in [6.07, 6.45) is 0. The van der Waals surface area contributed by atoms with E-state index in [0.29, 0.717) is 29.0 Å². The van der Waals surface area contributed by atoms with Gasteiger partial charge in [0, 0.05) is 5.56 Å². The molecule has 0 amide bonds. The van der Waals surface area contributed by atoms with Crippen molar-refractivity contribution in [3.05, 3.63) is 89.7 Å². The van der Waals surface area contributed by atoms with Gasteiger partial charge in [-0.15, -0.1) is 0 Å². The maximum atomic E-state index is 13.5. The van der Waals surface area contributed by atoms with Crippen molar-refractivity contribution < 1.29 is 13.9 Å².